The Bertz CT molecular complexity index is 401. The fourth-order valence-corrected chi connectivity index (χ4v) is 1.68. The van der Waals surface area contributed by atoms with E-state index in [0.717, 1.165) is 17.7 Å². The number of ether oxygens (including phenoxy) is 3. The van der Waals surface area contributed by atoms with Gasteiger partial charge < -0.3 is 14.2 Å². The molecule has 106 valence electrons. The van der Waals surface area contributed by atoms with E-state index in [4.69, 9.17) is 14.2 Å². The molecule has 0 saturated heterocycles. The summed E-state index contributed by atoms with van der Waals surface area (Å²) in [4.78, 5) is 11.3. The molecule has 0 atom stereocenters. The van der Waals surface area contributed by atoms with Gasteiger partial charge in [0, 0.05) is 6.42 Å². The van der Waals surface area contributed by atoms with Crippen LogP contribution in [0, 0.1) is 0 Å². The smallest absolute Gasteiger partial charge is 0.306 e. The van der Waals surface area contributed by atoms with Gasteiger partial charge in [-0.1, -0.05) is 13.0 Å². The largest absolute Gasteiger partial charge is 0.493 e. The number of esters is 1. The molecule has 0 fully saturated rings. The summed E-state index contributed by atoms with van der Waals surface area (Å²) in [6.45, 7) is 4.95. The average molecular weight is 266 g/mol. The second kappa shape index (κ2) is 8.40. The molecule has 0 aromatic heterocycles. The van der Waals surface area contributed by atoms with Crippen molar-refractivity contribution < 1.29 is 19.0 Å². The number of carbonyl (C=O) groups excluding carboxylic acids is 1. The Kier molecular flexibility index (Phi) is 6.79. The van der Waals surface area contributed by atoms with Gasteiger partial charge in [-0.25, -0.2) is 0 Å². The lowest BCUT2D eigenvalue weighted by Crippen LogP contribution is -2.05. The molecule has 0 aliphatic carbocycles. The zero-order chi connectivity index (χ0) is 14.1. The maximum atomic E-state index is 11.3. The number of benzene rings is 1. The first-order valence-electron chi connectivity index (χ1n) is 6.66. The molecule has 1 aromatic rings. The summed E-state index contributed by atoms with van der Waals surface area (Å²) in [6, 6.07) is 5.74. The van der Waals surface area contributed by atoms with Gasteiger partial charge in [0.05, 0.1) is 20.3 Å². The van der Waals surface area contributed by atoms with Crippen molar-refractivity contribution in [3.05, 3.63) is 23.8 Å². The Morgan fingerprint density at radius 2 is 2.00 bits per heavy atom. The lowest BCUT2D eigenvalue weighted by molar-refractivity contribution is -0.143. The van der Waals surface area contributed by atoms with Crippen LogP contribution in [0.5, 0.6) is 11.5 Å². The quantitative estimate of drug-likeness (QED) is 0.679. The predicted octanol–water partition coefficient (Wildman–Crippen LogP) is 2.98. The van der Waals surface area contributed by atoms with E-state index in [1.165, 1.54) is 0 Å². The fourth-order valence-electron chi connectivity index (χ4n) is 1.68. The Labute approximate surface area is 114 Å². The van der Waals surface area contributed by atoms with Crippen LogP contribution >= 0.6 is 0 Å². The minimum Gasteiger partial charge on any atom is -0.493 e. The number of methoxy groups -OCH3 is 1. The molecule has 0 bridgehead atoms. The molecule has 0 N–H and O–H groups in total. The standard InChI is InChI=1S/C15H22O4/c1-4-10-19-13-8-6-12(11-14(13)17-3)7-9-15(16)18-5-2/h6,8,11H,4-5,7,9-10H2,1-3H3. The summed E-state index contributed by atoms with van der Waals surface area (Å²) >= 11 is 0. The SMILES string of the molecule is CCCOc1ccc(CCC(=O)OCC)cc1OC. The average Bonchev–Trinajstić information content (AvgIpc) is 2.43. The van der Waals surface area contributed by atoms with Crippen molar-refractivity contribution in [2.45, 2.75) is 33.1 Å². The second-order valence-electron chi connectivity index (χ2n) is 4.14. The maximum absolute atomic E-state index is 11.3. The van der Waals surface area contributed by atoms with Gasteiger partial charge >= 0.3 is 5.97 Å². The third-order valence-electron chi connectivity index (χ3n) is 2.61. The highest BCUT2D eigenvalue weighted by Crippen LogP contribution is 2.28. The lowest BCUT2D eigenvalue weighted by atomic mass is 10.1. The van der Waals surface area contributed by atoms with Gasteiger partial charge in [-0.2, -0.15) is 0 Å². The molecule has 0 saturated carbocycles. The molecule has 1 rings (SSSR count). The van der Waals surface area contributed by atoms with E-state index in [2.05, 4.69) is 6.92 Å². The first kappa shape index (κ1) is 15.3. The molecule has 19 heavy (non-hydrogen) atoms. The van der Waals surface area contributed by atoms with E-state index in [1.54, 1.807) is 14.0 Å². The van der Waals surface area contributed by atoms with Crippen LogP contribution in [0.25, 0.3) is 0 Å². The zero-order valence-corrected chi connectivity index (χ0v) is 11.9. The van der Waals surface area contributed by atoms with E-state index in [0.29, 0.717) is 31.8 Å². The fraction of sp³-hybridized carbons (Fsp3) is 0.533. The minimum absolute atomic E-state index is 0.173. The van der Waals surface area contributed by atoms with Crippen LogP contribution in [-0.4, -0.2) is 26.3 Å². The first-order valence-corrected chi connectivity index (χ1v) is 6.66. The van der Waals surface area contributed by atoms with Crippen molar-refractivity contribution in [3.63, 3.8) is 0 Å². The van der Waals surface area contributed by atoms with Crippen LogP contribution in [0.15, 0.2) is 18.2 Å². The monoisotopic (exact) mass is 266 g/mol. The highest BCUT2D eigenvalue weighted by atomic mass is 16.5. The number of carbonyl (C=O) groups is 1. The summed E-state index contributed by atoms with van der Waals surface area (Å²) in [7, 11) is 1.61. The Hall–Kier alpha value is -1.71. The van der Waals surface area contributed by atoms with Crippen LogP contribution in [0.3, 0.4) is 0 Å². The van der Waals surface area contributed by atoms with Crippen molar-refractivity contribution in [2.24, 2.45) is 0 Å². The second-order valence-corrected chi connectivity index (χ2v) is 4.14. The summed E-state index contributed by atoms with van der Waals surface area (Å²) in [6.07, 6.45) is 1.98. The molecule has 4 nitrogen and oxygen atoms in total. The van der Waals surface area contributed by atoms with Gasteiger partial charge in [0.15, 0.2) is 11.5 Å². The third-order valence-corrected chi connectivity index (χ3v) is 2.61. The van der Waals surface area contributed by atoms with Crippen molar-refractivity contribution in [2.75, 3.05) is 20.3 Å². The summed E-state index contributed by atoms with van der Waals surface area (Å²) in [5.41, 5.74) is 1.04. The number of rotatable bonds is 8. The lowest BCUT2D eigenvalue weighted by Gasteiger charge is -2.11. The first-order chi connectivity index (χ1) is 9.21. The summed E-state index contributed by atoms with van der Waals surface area (Å²) in [5.74, 6) is 1.27. The molecular weight excluding hydrogens is 244 g/mol. The van der Waals surface area contributed by atoms with Crippen LogP contribution in [-0.2, 0) is 16.0 Å². The summed E-state index contributed by atoms with van der Waals surface area (Å²) < 4.78 is 15.8. The van der Waals surface area contributed by atoms with Crippen LogP contribution in [0.2, 0.25) is 0 Å². The molecule has 4 heteroatoms. The Morgan fingerprint density at radius 3 is 2.63 bits per heavy atom. The Balaban J connectivity index is 2.63. The zero-order valence-electron chi connectivity index (χ0n) is 11.9. The highest BCUT2D eigenvalue weighted by Gasteiger charge is 2.07. The molecule has 0 amide bonds. The van der Waals surface area contributed by atoms with Gasteiger partial charge in [-0.3, -0.25) is 4.79 Å². The van der Waals surface area contributed by atoms with Gasteiger partial charge in [0.1, 0.15) is 0 Å². The Morgan fingerprint density at radius 1 is 1.21 bits per heavy atom. The normalized spacial score (nSPS) is 10.1. The molecule has 0 spiro atoms. The van der Waals surface area contributed by atoms with E-state index >= 15 is 0 Å². The van der Waals surface area contributed by atoms with E-state index in [-0.39, 0.29) is 5.97 Å². The van der Waals surface area contributed by atoms with Gasteiger partial charge in [-0.15, -0.1) is 0 Å². The van der Waals surface area contributed by atoms with Crippen molar-refractivity contribution in [1.82, 2.24) is 0 Å². The molecule has 0 radical (unpaired) electrons. The van der Waals surface area contributed by atoms with E-state index in [9.17, 15) is 4.79 Å². The van der Waals surface area contributed by atoms with Crippen molar-refractivity contribution in [1.29, 1.82) is 0 Å². The minimum atomic E-state index is -0.173. The van der Waals surface area contributed by atoms with Gasteiger partial charge in [0.25, 0.3) is 0 Å². The van der Waals surface area contributed by atoms with Crippen molar-refractivity contribution >= 4 is 5.97 Å². The van der Waals surface area contributed by atoms with E-state index < -0.39 is 0 Å². The van der Waals surface area contributed by atoms with E-state index in [1.807, 2.05) is 18.2 Å². The number of hydrogen-bond acceptors (Lipinski definition) is 4. The summed E-state index contributed by atoms with van der Waals surface area (Å²) in [5, 5.41) is 0. The van der Waals surface area contributed by atoms with Crippen LogP contribution in [0.4, 0.5) is 0 Å². The highest BCUT2D eigenvalue weighted by molar-refractivity contribution is 5.69. The predicted molar refractivity (Wildman–Crippen MR) is 73.7 cm³/mol. The van der Waals surface area contributed by atoms with Crippen molar-refractivity contribution in [3.8, 4) is 11.5 Å². The molecular formula is C15H22O4. The number of hydrogen-bond donors (Lipinski definition) is 0. The molecule has 1 aromatic carbocycles. The van der Waals surface area contributed by atoms with Gasteiger partial charge in [0.2, 0.25) is 0 Å². The molecule has 0 aliphatic heterocycles. The topological polar surface area (TPSA) is 44.8 Å². The van der Waals surface area contributed by atoms with Crippen LogP contribution < -0.4 is 9.47 Å². The van der Waals surface area contributed by atoms with Gasteiger partial charge in [-0.05, 0) is 37.5 Å². The molecule has 0 heterocycles. The molecule has 0 unspecified atom stereocenters. The van der Waals surface area contributed by atoms with Crippen LogP contribution in [0.1, 0.15) is 32.3 Å². The third kappa shape index (κ3) is 5.20. The number of aryl methyl sites for hydroxylation is 1. The maximum Gasteiger partial charge on any atom is 0.306 e. The molecule has 0 aliphatic rings.